The first-order chi connectivity index (χ1) is 13.5. The predicted molar refractivity (Wildman–Crippen MR) is 105 cm³/mol. The summed E-state index contributed by atoms with van der Waals surface area (Å²) in [6.45, 7) is 4.21. The van der Waals surface area contributed by atoms with Gasteiger partial charge in [-0.15, -0.1) is 0 Å². The molecular weight excluding hydrogens is 350 g/mol. The third-order valence-corrected chi connectivity index (χ3v) is 7.87. The average molecular weight is 377 g/mol. The van der Waals surface area contributed by atoms with Gasteiger partial charge in [0.2, 0.25) is 0 Å². The van der Waals surface area contributed by atoms with Crippen LogP contribution < -0.4 is 0 Å². The molecule has 2 unspecified atom stereocenters. The lowest BCUT2D eigenvalue weighted by atomic mass is 9.49. The SMILES string of the molecule is Cc1nc(-c2nccn2C23CC4CC(CC(n5cncn5)(C4)C2)C3)n(C)c1C. The van der Waals surface area contributed by atoms with Crippen molar-refractivity contribution in [3.63, 3.8) is 0 Å². The minimum absolute atomic E-state index is 0.107. The minimum Gasteiger partial charge on any atom is -0.329 e. The van der Waals surface area contributed by atoms with Gasteiger partial charge in [-0.3, -0.25) is 0 Å². The van der Waals surface area contributed by atoms with Gasteiger partial charge in [-0.25, -0.2) is 19.6 Å². The third kappa shape index (κ3) is 2.05. The predicted octanol–water partition coefficient (Wildman–Crippen LogP) is 3.20. The van der Waals surface area contributed by atoms with Crippen molar-refractivity contribution < 1.29 is 0 Å². The molecule has 0 radical (unpaired) electrons. The van der Waals surface area contributed by atoms with Crippen LogP contribution in [0.1, 0.15) is 49.9 Å². The van der Waals surface area contributed by atoms with Gasteiger partial charge in [0.15, 0.2) is 11.6 Å². The molecule has 0 N–H and O–H groups in total. The quantitative estimate of drug-likeness (QED) is 0.703. The van der Waals surface area contributed by atoms with E-state index in [1.165, 1.54) is 37.8 Å². The highest BCUT2D eigenvalue weighted by Gasteiger charge is 2.60. The van der Waals surface area contributed by atoms with Crippen molar-refractivity contribution >= 4 is 0 Å². The van der Waals surface area contributed by atoms with E-state index in [2.05, 4.69) is 51.0 Å². The van der Waals surface area contributed by atoms with Gasteiger partial charge in [0, 0.05) is 30.7 Å². The molecule has 0 spiro atoms. The lowest BCUT2D eigenvalue weighted by Crippen LogP contribution is -2.60. The zero-order valence-electron chi connectivity index (χ0n) is 16.8. The van der Waals surface area contributed by atoms with Gasteiger partial charge in [0.25, 0.3) is 0 Å². The molecule has 3 aromatic rings. The van der Waals surface area contributed by atoms with Crippen LogP contribution >= 0.6 is 0 Å². The van der Waals surface area contributed by atoms with E-state index in [4.69, 9.17) is 9.97 Å². The van der Waals surface area contributed by atoms with Crippen molar-refractivity contribution in [3.05, 3.63) is 36.4 Å². The van der Waals surface area contributed by atoms with E-state index in [1.54, 1.807) is 6.33 Å². The van der Waals surface area contributed by atoms with Gasteiger partial charge in [0.1, 0.15) is 12.7 Å². The molecule has 4 fully saturated rings. The molecule has 7 nitrogen and oxygen atoms in total. The molecule has 3 aromatic heterocycles. The molecule has 146 valence electrons. The fraction of sp³-hybridized carbons (Fsp3) is 0.619. The van der Waals surface area contributed by atoms with Gasteiger partial charge < -0.3 is 9.13 Å². The second-order valence-corrected chi connectivity index (χ2v) is 9.54. The molecule has 2 atom stereocenters. The second-order valence-electron chi connectivity index (χ2n) is 9.54. The first-order valence-electron chi connectivity index (χ1n) is 10.4. The highest BCUT2D eigenvalue weighted by atomic mass is 15.4. The molecule has 7 heteroatoms. The molecule has 4 bridgehead atoms. The zero-order chi connectivity index (χ0) is 19.1. The maximum atomic E-state index is 4.86. The zero-order valence-corrected chi connectivity index (χ0v) is 16.8. The second kappa shape index (κ2) is 5.33. The van der Waals surface area contributed by atoms with Crippen molar-refractivity contribution in [3.8, 4) is 11.6 Å². The number of aryl methyl sites for hydroxylation is 1. The van der Waals surface area contributed by atoms with Gasteiger partial charge in [-0.05, 0) is 64.2 Å². The van der Waals surface area contributed by atoms with E-state index in [-0.39, 0.29) is 11.1 Å². The van der Waals surface area contributed by atoms with Crippen molar-refractivity contribution in [2.45, 2.75) is 63.5 Å². The van der Waals surface area contributed by atoms with Crippen LogP contribution in [-0.2, 0) is 18.1 Å². The van der Waals surface area contributed by atoms with Crippen LogP contribution in [0.5, 0.6) is 0 Å². The first-order valence-corrected chi connectivity index (χ1v) is 10.4. The van der Waals surface area contributed by atoms with E-state index in [0.717, 1.165) is 35.6 Å². The number of rotatable bonds is 3. The highest BCUT2D eigenvalue weighted by Crippen LogP contribution is 2.63. The Bertz CT molecular complexity index is 1030. The highest BCUT2D eigenvalue weighted by molar-refractivity contribution is 5.48. The number of imidazole rings is 2. The Balaban J connectivity index is 1.49. The van der Waals surface area contributed by atoms with E-state index in [1.807, 2.05) is 12.5 Å². The van der Waals surface area contributed by atoms with Crippen LogP contribution in [0.25, 0.3) is 11.6 Å². The minimum atomic E-state index is 0.107. The van der Waals surface area contributed by atoms with Gasteiger partial charge in [-0.2, -0.15) is 5.10 Å². The number of hydrogen-bond acceptors (Lipinski definition) is 4. The topological polar surface area (TPSA) is 66.3 Å². The van der Waals surface area contributed by atoms with Crippen molar-refractivity contribution in [1.82, 2.24) is 33.9 Å². The standard InChI is InChI=1S/C21H27N7/c1-14-15(2)26(3)19(25-14)18-23-4-5-27(18)20-7-16-6-17(8-20)10-21(9-16,11-20)28-13-22-12-24-28/h4-5,12-13,16-17H,6-11H2,1-3H3. The van der Waals surface area contributed by atoms with Gasteiger partial charge >= 0.3 is 0 Å². The number of aromatic nitrogens is 7. The van der Waals surface area contributed by atoms with E-state index >= 15 is 0 Å². The Labute approximate surface area is 164 Å². The Morgan fingerprint density at radius 2 is 1.79 bits per heavy atom. The summed E-state index contributed by atoms with van der Waals surface area (Å²) >= 11 is 0. The summed E-state index contributed by atoms with van der Waals surface area (Å²) < 4.78 is 6.82. The van der Waals surface area contributed by atoms with Crippen LogP contribution in [-0.4, -0.2) is 33.9 Å². The smallest absolute Gasteiger partial charge is 0.176 e. The lowest BCUT2D eigenvalue weighted by Gasteiger charge is -2.62. The van der Waals surface area contributed by atoms with E-state index < -0.39 is 0 Å². The van der Waals surface area contributed by atoms with E-state index in [9.17, 15) is 0 Å². The lowest BCUT2D eigenvalue weighted by molar-refractivity contribution is -0.0969. The number of nitrogens with zero attached hydrogens (tertiary/aromatic N) is 7. The Kier molecular flexibility index (Phi) is 3.14. The average Bonchev–Trinajstić information content (AvgIpc) is 3.39. The molecule has 4 aliphatic carbocycles. The van der Waals surface area contributed by atoms with Crippen LogP contribution in [0.4, 0.5) is 0 Å². The fourth-order valence-corrected chi connectivity index (χ4v) is 6.94. The molecule has 7 rings (SSSR count). The van der Waals surface area contributed by atoms with Crippen LogP contribution in [0.3, 0.4) is 0 Å². The third-order valence-electron chi connectivity index (χ3n) is 7.87. The van der Waals surface area contributed by atoms with Gasteiger partial charge in [0.05, 0.1) is 11.2 Å². The first kappa shape index (κ1) is 16.5. The molecule has 3 heterocycles. The summed E-state index contributed by atoms with van der Waals surface area (Å²) in [6, 6.07) is 0. The molecule has 4 saturated carbocycles. The Morgan fingerprint density at radius 3 is 2.43 bits per heavy atom. The summed E-state index contributed by atoms with van der Waals surface area (Å²) in [7, 11) is 2.10. The largest absolute Gasteiger partial charge is 0.329 e. The normalized spacial score (nSPS) is 33.7. The van der Waals surface area contributed by atoms with Crippen LogP contribution in [0.2, 0.25) is 0 Å². The van der Waals surface area contributed by atoms with E-state index in [0.29, 0.717) is 0 Å². The Morgan fingerprint density at radius 1 is 1.04 bits per heavy atom. The summed E-state index contributed by atoms with van der Waals surface area (Å²) in [5.41, 5.74) is 2.50. The Hall–Kier alpha value is -2.44. The monoisotopic (exact) mass is 377 g/mol. The molecule has 0 aromatic carbocycles. The fourth-order valence-electron chi connectivity index (χ4n) is 6.94. The maximum absolute atomic E-state index is 4.86. The molecular formula is C21H27N7. The number of hydrogen-bond donors (Lipinski definition) is 0. The molecule has 0 aliphatic heterocycles. The summed E-state index contributed by atoms with van der Waals surface area (Å²) in [6.07, 6.45) is 15.2. The van der Waals surface area contributed by atoms with Gasteiger partial charge in [-0.1, -0.05) is 0 Å². The van der Waals surface area contributed by atoms with Crippen LogP contribution in [0, 0.1) is 25.7 Å². The van der Waals surface area contributed by atoms with Crippen molar-refractivity contribution in [2.75, 3.05) is 0 Å². The summed E-state index contributed by atoms with van der Waals surface area (Å²) in [5, 5.41) is 4.59. The van der Waals surface area contributed by atoms with Crippen LogP contribution in [0.15, 0.2) is 25.0 Å². The summed E-state index contributed by atoms with van der Waals surface area (Å²) in [5.74, 6) is 3.50. The molecule has 28 heavy (non-hydrogen) atoms. The van der Waals surface area contributed by atoms with Crippen molar-refractivity contribution in [1.29, 1.82) is 0 Å². The maximum Gasteiger partial charge on any atom is 0.176 e. The van der Waals surface area contributed by atoms with Crippen molar-refractivity contribution in [2.24, 2.45) is 18.9 Å². The molecule has 0 amide bonds. The molecule has 0 saturated heterocycles. The summed E-state index contributed by atoms with van der Waals surface area (Å²) in [4.78, 5) is 13.9. The molecule has 4 aliphatic rings.